The number of aliphatic carboxylic acids is 2. The smallest absolute Gasteiger partial charge is 0.310 e. The van der Waals surface area contributed by atoms with Crippen molar-refractivity contribution in [3.05, 3.63) is 0 Å². The Hall–Kier alpha value is -1.59. The summed E-state index contributed by atoms with van der Waals surface area (Å²) >= 11 is 0. The van der Waals surface area contributed by atoms with Crippen molar-refractivity contribution in [1.82, 2.24) is 0 Å². The van der Waals surface area contributed by atoms with Crippen LogP contribution >= 0.6 is 0 Å². The number of carboxylic acid groups (broad SMARTS) is 2. The molecule has 0 radical (unpaired) electrons. The van der Waals surface area contributed by atoms with Gasteiger partial charge < -0.3 is 14.9 Å². The number of carbonyl (C=O) groups is 3. The van der Waals surface area contributed by atoms with E-state index in [0.29, 0.717) is 25.7 Å². The Balaban J connectivity index is 1.94. The van der Waals surface area contributed by atoms with Gasteiger partial charge in [0.25, 0.3) is 0 Å². The molecule has 0 aromatic carbocycles. The van der Waals surface area contributed by atoms with Crippen molar-refractivity contribution in [3.8, 4) is 0 Å². The summed E-state index contributed by atoms with van der Waals surface area (Å²) in [6.07, 6.45) is 2.82. The second-order valence-corrected chi connectivity index (χ2v) is 12.5. The molecule has 0 spiro atoms. The third-order valence-corrected chi connectivity index (χ3v) is 7.39. The number of ether oxygens (including phenoxy) is 1. The van der Waals surface area contributed by atoms with Crippen molar-refractivity contribution >= 4 is 17.9 Å². The summed E-state index contributed by atoms with van der Waals surface area (Å²) in [6.45, 7) is 12.3. The van der Waals surface area contributed by atoms with Crippen molar-refractivity contribution in [2.45, 2.75) is 92.1 Å². The van der Waals surface area contributed by atoms with Gasteiger partial charge in [0.05, 0.1) is 16.7 Å². The minimum absolute atomic E-state index is 0.0260. The third kappa shape index (κ3) is 3.91. The summed E-state index contributed by atoms with van der Waals surface area (Å²) in [5.74, 6) is -2.57. The van der Waals surface area contributed by atoms with Crippen LogP contribution in [-0.4, -0.2) is 33.7 Å². The van der Waals surface area contributed by atoms with Crippen LogP contribution in [0.5, 0.6) is 0 Å². The highest BCUT2D eigenvalue weighted by Crippen LogP contribution is 2.68. The standard InChI is InChI=1S/C23H36O6/c1-19(2,3)10-15(20(4,5)6)16(24)29-23-9-14-7-21(12-23,17(25)26)11-22(8-14,13-23)18(27)28/h14-15H,7-13H2,1-6H3,(H,25,26)(H,27,28). The molecule has 4 rings (SSSR count). The van der Waals surface area contributed by atoms with Crippen LogP contribution in [0.4, 0.5) is 0 Å². The molecule has 29 heavy (non-hydrogen) atoms. The number of carbonyl (C=O) groups excluding carboxylic acids is 1. The van der Waals surface area contributed by atoms with E-state index >= 15 is 0 Å². The fraction of sp³-hybridized carbons (Fsp3) is 0.870. The SMILES string of the molecule is CC(C)(C)CC(C(=O)OC12CC3CC(C(=O)O)(C1)CC(C(=O)O)(C3)C2)C(C)(C)C. The van der Waals surface area contributed by atoms with Gasteiger partial charge in [-0.25, -0.2) is 0 Å². The molecule has 4 aliphatic rings. The molecule has 4 bridgehead atoms. The Morgan fingerprint density at radius 3 is 1.76 bits per heavy atom. The Labute approximate surface area is 173 Å². The van der Waals surface area contributed by atoms with Crippen LogP contribution < -0.4 is 0 Å². The summed E-state index contributed by atoms with van der Waals surface area (Å²) in [4.78, 5) is 37.8. The van der Waals surface area contributed by atoms with Gasteiger partial charge in [-0.2, -0.15) is 0 Å². The predicted octanol–water partition coefficient (Wildman–Crippen LogP) is 4.51. The van der Waals surface area contributed by atoms with E-state index in [4.69, 9.17) is 4.74 Å². The zero-order valence-electron chi connectivity index (χ0n) is 18.6. The van der Waals surface area contributed by atoms with Crippen molar-refractivity contribution in [2.24, 2.45) is 33.5 Å². The molecule has 0 heterocycles. The highest BCUT2D eigenvalue weighted by Gasteiger charge is 2.70. The lowest BCUT2D eigenvalue weighted by molar-refractivity contribution is -0.235. The summed E-state index contributed by atoms with van der Waals surface area (Å²) in [5, 5.41) is 20.0. The Bertz CT molecular complexity index is 695. The van der Waals surface area contributed by atoms with Crippen LogP contribution in [0.2, 0.25) is 0 Å². The zero-order valence-corrected chi connectivity index (χ0v) is 18.6. The lowest BCUT2D eigenvalue weighted by atomic mass is 9.42. The van der Waals surface area contributed by atoms with Gasteiger partial charge >= 0.3 is 17.9 Å². The van der Waals surface area contributed by atoms with E-state index < -0.39 is 28.4 Å². The van der Waals surface area contributed by atoms with Crippen LogP contribution in [0.1, 0.15) is 86.5 Å². The van der Waals surface area contributed by atoms with E-state index in [0.717, 1.165) is 0 Å². The monoisotopic (exact) mass is 408 g/mol. The molecule has 3 unspecified atom stereocenters. The van der Waals surface area contributed by atoms with E-state index in [-0.39, 0.29) is 47.9 Å². The Kier molecular flexibility index (Phi) is 4.92. The van der Waals surface area contributed by atoms with Crippen LogP contribution in [-0.2, 0) is 19.1 Å². The molecule has 4 saturated carbocycles. The van der Waals surface area contributed by atoms with Crippen LogP contribution in [0.3, 0.4) is 0 Å². The molecular formula is C23H36O6. The summed E-state index contributed by atoms with van der Waals surface area (Å²) < 4.78 is 6.17. The minimum atomic E-state index is -1.10. The lowest BCUT2D eigenvalue weighted by Crippen LogP contribution is -2.65. The molecule has 0 aromatic rings. The van der Waals surface area contributed by atoms with Crippen LogP contribution in [0, 0.1) is 33.5 Å². The van der Waals surface area contributed by atoms with E-state index in [9.17, 15) is 24.6 Å². The highest BCUT2D eigenvalue weighted by atomic mass is 16.6. The van der Waals surface area contributed by atoms with Crippen LogP contribution in [0.15, 0.2) is 0 Å². The minimum Gasteiger partial charge on any atom is -0.481 e. The topological polar surface area (TPSA) is 101 Å². The molecule has 6 heteroatoms. The first kappa shape index (κ1) is 22.1. The van der Waals surface area contributed by atoms with Gasteiger partial charge in [0.15, 0.2) is 0 Å². The molecule has 0 aliphatic heterocycles. The molecule has 0 aromatic heterocycles. The maximum absolute atomic E-state index is 13.4. The first-order chi connectivity index (χ1) is 13.0. The molecule has 0 saturated heterocycles. The van der Waals surface area contributed by atoms with E-state index in [2.05, 4.69) is 20.8 Å². The third-order valence-electron chi connectivity index (χ3n) is 7.39. The van der Waals surface area contributed by atoms with Crippen molar-refractivity contribution in [3.63, 3.8) is 0 Å². The Morgan fingerprint density at radius 1 is 0.897 bits per heavy atom. The summed E-state index contributed by atoms with van der Waals surface area (Å²) in [7, 11) is 0. The fourth-order valence-corrected chi connectivity index (χ4v) is 6.58. The Morgan fingerprint density at radius 2 is 1.38 bits per heavy atom. The van der Waals surface area contributed by atoms with Gasteiger partial charge in [0, 0.05) is 12.8 Å². The average Bonchev–Trinajstić information content (AvgIpc) is 2.48. The van der Waals surface area contributed by atoms with E-state index in [1.807, 2.05) is 20.8 Å². The van der Waals surface area contributed by atoms with Gasteiger partial charge in [-0.15, -0.1) is 0 Å². The van der Waals surface area contributed by atoms with Crippen LogP contribution in [0.25, 0.3) is 0 Å². The summed E-state index contributed by atoms with van der Waals surface area (Å²) in [6, 6.07) is 0. The number of rotatable bonds is 5. The van der Waals surface area contributed by atoms with Gasteiger partial charge in [0.2, 0.25) is 0 Å². The lowest BCUT2D eigenvalue weighted by Gasteiger charge is -2.62. The van der Waals surface area contributed by atoms with Gasteiger partial charge in [-0.1, -0.05) is 41.5 Å². The maximum atomic E-state index is 13.4. The number of esters is 1. The maximum Gasteiger partial charge on any atom is 0.310 e. The van der Waals surface area contributed by atoms with Crippen molar-refractivity contribution in [2.75, 3.05) is 0 Å². The predicted molar refractivity (Wildman–Crippen MR) is 107 cm³/mol. The number of carboxylic acids is 2. The second kappa shape index (κ2) is 6.45. The van der Waals surface area contributed by atoms with Crippen molar-refractivity contribution in [1.29, 1.82) is 0 Å². The molecule has 164 valence electrons. The second-order valence-electron chi connectivity index (χ2n) is 12.5. The normalized spacial score (nSPS) is 37.2. The molecule has 0 amide bonds. The first-order valence-corrected chi connectivity index (χ1v) is 10.7. The van der Waals surface area contributed by atoms with Gasteiger partial charge in [0.1, 0.15) is 5.60 Å². The molecule has 4 aliphatic carbocycles. The van der Waals surface area contributed by atoms with E-state index in [1.54, 1.807) is 0 Å². The highest BCUT2D eigenvalue weighted by molar-refractivity contribution is 5.82. The number of hydrogen-bond donors (Lipinski definition) is 2. The fourth-order valence-electron chi connectivity index (χ4n) is 6.58. The molecule has 2 N–H and O–H groups in total. The van der Waals surface area contributed by atoms with E-state index in [1.165, 1.54) is 0 Å². The largest absolute Gasteiger partial charge is 0.481 e. The number of hydrogen-bond acceptors (Lipinski definition) is 4. The molecule has 6 nitrogen and oxygen atoms in total. The molecule has 4 fully saturated rings. The molecule has 3 atom stereocenters. The quantitative estimate of drug-likeness (QED) is 0.649. The molecular weight excluding hydrogens is 372 g/mol. The van der Waals surface area contributed by atoms with Gasteiger partial charge in [-0.3, -0.25) is 14.4 Å². The van der Waals surface area contributed by atoms with Crippen molar-refractivity contribution < 1.29 is 29.3 Å². The zero-order chi connectivity index (χ0) is 22.0. The summed E-state index contributed by atoms with van der Waals surface area (Å²) in [5.41, 5.74) is -3.54. The van der Waals surface area contributed by atoms with Gasteiger partial charge in [-0.05, 0) is 48.9 Å². The average molecular weight is 409 g/mol. The first-order valence-electron chi connectivity index (χ1n) is 10.7.